The van der Waals surface area contributed by atoms with E-state index >= 15 is 0 Å². The molecule has 0 bridgehead atoms. The number of rotatable bonds is 2. The fraction of sp³-hybridized carbons (Fsp3) is 0.0714. The fourth-order valence-electron chi connectivity index (χ4n) is 2.04. The number of hydrogen-bond donors (Lipinski definition) is 3. The maximum Gasteiger partial charge on any atom is 0.257 e. The van der Waals surface area contributed by atoms with E-state index in [0.717, 1.165) is 10.9 Å². The van der Waals surface area contributed by atoms with Gasteiger partial charge in [0, 0.05) is 23.3 Å². The van der Waals surface area contributed by atoms with Crippen LogP contribution in [0, 0.1) is 6.92 Å². The Bertz CT molecular complexity index is 848. The maximum atomic E-state index is 12.2. The third-order valence-electron chi connectivity index (χ3n) is 3.07. The molecule has 0 radical (unpaired) electrons. The molecule has 3 N–H and O–H groups in total. The molecule has 20 heavy (non-hydrogen) atoms. The molecule has 6 heteroatoms. The number of carbonyl (C=O) groups excluding carboxylic acids is 1. The van der Waals surface area contributed by atoms with Crippen LogP contribution in [0.1, 0.15) is 15.9 Å². The van der Waals surface area contributed by atoms with Gasteiger partial charge in [0.1, 0.15) is 0 Å². The Kier molecular flexibility index (Phi) is 2.83. The lowest BCUT2D eigenvalue weighted by Gasteiger charge is -2.07. The molecule has 1 aromatic carbocycles. The van der Waals surface area contributed by atoms with E-state index < -0.39 is 0 Å². The number of nitrogens with one attached hydrogen (secondary N) is 3. The number of aromatic nitrogens is 3. The summed E-state index contributed by atoms with van der Waals surface area (Å²) in [5.41, 5.74) is 2.43. The van der Waals surface area contributed by atoms with E-state index in [1.54, 1.807) is 19.2 Å². The Morgan fingerprint density at radius 2 is 2.15 bits per heavy atom. The Hall–Kier alpha value is -2.89. The lowest BCUT2D eigenvalue weighted by atomic mass is 10.1. The molecule has 0 aliphatic carbocycles. The summed E-state index contributed by atoms with van der Waals surface area (Å²) in [6, 6.07) is 6.86. The van der Waals surface area contributed by atoms with Gasteiger partial charge in [-0.25, -0.2) is 0 Å². The molecule has 0 aliphatic rings. The van der Waals surface area contributed by atoms with E-state index in [1.807, 2.05) is 12.1 Å². The number of aryl methyl sites for hydroxylation is 1. The molecule has 0 saturated carbocycles. The number of carbonyl (C=O) groups is 1. The van der Waals surface area contributed by atoms with Gasteiger partial charge < -0.3 is 10.3 Å². The summed E-state index contributed by atoms with van der Waals surface area (Å²) in [6.45, 7) is 1.73. The van der Waals surface area contributed by atoms with Crippen LogP contribution in [0.15, 0.2) is 41.5 Å². The molecule has 6 nitrogen and oxygen atoms in total. The van der Waals surface area contributed by atoms with Crippen molar-refractivity contribution in [2.75, 3.05) is 5.32 Å². The number of benzene rings is 1. The molecule has 0 fully saturated rings. The van der Waals surface area contributed by atoms with Gasteiger partial charge in [0.15, 0.2) is 0 Å². The van der Waals surface area contributed by atoms with Crippen molar-refractivity contribution in [2.45, 2.75) is 6.92 Å². The highest BCUT2D eigenvalue weighted by Gasteiger charge is 2.10. The first-order chi connectivity index (χ1) is 9.63. The second kappa shape index (κ2) is 4.65. The topological polar surface area (TPSA) is 90.6 Å². The van der Waals surface area contributed by atoms with Gasteiger partial charge in [0.05, 0.1) is 17.3 Å². The van der Waals surface area contributed by atoms with Gasteiger partial charge in [-0.15, -0.1) is 0 Å². The Balaban J connectivity index is 1.89. The second-order valence-electron chi connectivity index (χ2n) is 4.52. The van der Waals surface area contributed by atoms with Crippen molar-refractivity contribution < 1.29 is 4.79 Å². The van der Waals surface area contributed by atoms with Crippen molar-refractivity contribution in [2.24, 2.45) is 0 Å². The Morgan fingerprint density at radius 3 is 2.95 bits per heavy atom. The fourth-order valence-corrected chi connectivity index (χ4v) is 2.04. The number of amides is 1. The molecule has 0 saturated heterocycles. The minimum absolute atomic E-state index is 0.223. The third-order valence-corrected chi connectivity index (χ3v) is 3.07. The molecular formula is C14H12N4O2. The number of H-pyrrole nitrogens is 2. The first-order valence-corrected chi connectivity index (χ1v) is 6.07. The average molecular weight is 268 g/mol. The zero-order valence-corrected chi connectivity index (χ0v) is 10.7. The largest absolute Gasteiger partial charge is 0.328 e. The molecule has 3 rings (SSSR count). The van der Waals surface area contributed by atoms with E-state index in [9.17, 15) is 9.59 Å². The summed E-state index contributed by atoms with van der Waals surface area (Å²) in [5, 5.41) is 10.5. The van der Waals surface area contributed by atoms with Crippen LogP contribution in [0.2, 0.25) is 0 Å². The van der Waals surface area contributed by atoms with Gasteiger partial charge in [0.2, 0.25) is 5.56 Å². The molecule has 1 amide bonds. The maximum absolute atomic E-state index is 12.2. The quantitative estimate of drug-likeness (QED) is 0.662. The zero-order chi connectivity index (χ0) is 14.1. The van der Waals surface area contributed by atoms with Gasteiger partial charge in [-0.1, -0.05) is 0 Å². The van der Waals surface area contributed by atoms with Crippen molar-refractivity contribution >= 4 is 22.5 Å². The molecular weight excluding hydrogens is 256 g/mol. The summed E-state index contributed by atoms with van der Waals surface area (Å²) in [6.07, 6.45) is 3.11. The van der Waals surface area contributed by atoms with Crippen molar-refractivity contribution in [1.29, 1.82) is 0 Å². The second-order valence-corrected chi connectivity index (χ2v) is 4.52. The minimum atomic E-state index is -0.262. The highest BCUT2D eigenvalue weighted by atomic mass is 16.1. The van der Waals surface area contributed by atoms with Crippen LogP contribution in [0.4, 0.5) is 5.69 Å². The lowest BCUT2D eigenvalue weighted by Crippen LogP contribution is -2.16. The highest BCUT2D eigenvalue weighted by Crippen LogP contribution is 2.17. The molecule has 0 spiro atoms. The number of aromatic amines is 2. The van der Waals surface area contributed by atoms with Gasteiger partial charge in [-0.2, -0.15) is 5.10 Å². The summed E-state index contributed by atoms with van der Waals surface area (Å²) < 4.78 is 0. The van der Waals surface area contributed by atoms with Crippen LogP contribution in [0.5, 0.6) is 0 Å². The van der Waals surface area contributed by atoms with Crippen LogP contribution >= 0.6 is 0 Å². The van der Waals surface area contributed by atoms with Crippen LogP contribution in [0.25, 0.3) is 10.9 Å². The standard InChI is InChI=1S/C14H12N4O2/c1-8-4-13(19)15-7-11(8)14(20)17-10-2-3-12-9(5-10)6-16-18-12/h2-7H,1H3,(H,15,19)(H,16,18)(H,17,20). The minimum Gasteiger partial charge on any atom is -0.328 e. The lowest BCUT2D eigenvalue weighted by molar-refractivity contribution is 0.102. The molecule has 2 aromatic heterocycles. The average Bonchev–Trinajstić information content (AvgIpc) is 2.85. The molecule has 2 heterocycles. The summed E-state index contributed by atoms with van der Waals surface area (Å²) in [4.78, 5) is 25.8. The van der Waals surface area contributed by atoms with Gasteiger partial charge in [-0.3, -0.25) is 14.7 Å². The van der Waals surface area contributed by atoms with Gasteiger partial charge in [-0.05, 0) is 30.7 Å². The summed E-state index contributed by atoms with van der Waals surface area (Å²) in [7, 11) is 0. The van der Waals surface area contributed by atoms with Gasteiger partial charge in [0.25, 0.3) is 5.91 Å². The van der Waals surface area contributed by atoms with Crippen LogP contribution in [-0.4, -0.2) is 21.1 Å². The molecule has 0 atom stereocenters. The molecule has 0 unspecified atom stereocenters. The predicted molar refractivity (Wildman–Crippen MR) is 75.8 cm³/mol. The summed E-state index contributed by atoms with van der Waals surface area (Å²) >= 11 is 0. The van der Waals surface area contributed by atoms with Crippen LogP contribution < -0.4 is 10.9 Å². The van der Waals surface area contributed by atoms with E-state index in [4.69, 9.17) is 0 Å². The Labute approximate surface area is 113 Å². The summed E-state index contributed by atoms with van der Waals surface area (Å²) in [5.74, 6) is -0.262. The van der Waals surface area contributed by atoms with E-state index in [2.05, 4.69) is 20.5 Å². The molecule has 100 valence electrons. The molecule has 0 aliphatic heterocycles. The van der Waals surface area contributed by atoms with Crippen molar-refractivity contribution in [3.05, 3.63) is 58.1 Å². The van der Waals surface area contributed by atoms with Crippen LogP contribution in [0.3, 0.4) is 0 Å². The highest BCUT2D eigenvalue weighted by molar-refractivity contribution is 6.05. The third kappa shape index (κ3) is 2.18. The first-order valence-electron chi connectivity index (χ1n) is 6.07. The van der Waals surface area contributed by atoms with E-state index in [0.29, 0.717) is 16.8 Å². The predicted octanol–water partition coefficient (Wildman–Crippen LogP) is 1.81. The number of pyridine rings is 1. The Morgan fingerprint density at radius 1 is 1.30 bits per heavy atom. The van der Waals surface area contributed by atoms with E-state index in [-0.39, 0.29) is 11.5 Å². The van der Waals surface area contributed by atoms with Crippen molar-refractivity contribution in [3.63, 3.8) is 0 Å². The van der Waals surface area contributed by atoms with Gasteiger partial charge >= 0.3 is 0 Å². The van der Waals surface area contributed by atoms with Crippen molar-refractivity contribution in [3.8, 4) is 0 Å². The molecule has 3 aromatic rings. The normalized spacial score (nSPS) is 10.7. The number of anilines is 1. The SMILES string of the molecule is Cc1cc(=O)[nH]cc1C(=O)Nc1ccc2[nH]ncc2c1. The first kappa shape index (κ1) is 12.2. The number of nitrogens with zero attached hydrogens (tertiary/aromatic N) is 1. The van der Waals surface area contributed by atoms with E-state index in [1.165, 1.54) is 12.3 Å². The number of hydrogen-bond acceptors (Lipinski definition) is 3. The zero-order valence-electron chi connectivity index (χ0n) is 10.7. The number of fused-ring (bicyclic) bond motifs is 1. The monoisotopic (exact) mass is 268 g/mol. The van der Waals surface area contributed by atoms with Crippen LogP contribution in [-0.2, 0) is 0 Å². The smallest absolute Gasteiger partial charge is 0.257 e. The van der Waals surface area contributed by atoms with Crippen molar-refractivity contribution in [1.82, 2.24) is 15.2 Å².